The smallest absolute Gasteiger partial charge is 0.469 e. The van der Waals surface area contributed by atoms with E-state index in [1.165, 1.54) is 43.9 Å². The van der Waals surface area contributed by atoms with Crippen molar-refractivity contribution in [3.8, 4) is 0 Å². The average molecular weight is 1200 g/mol. The zero-order valence-corrected chi connectivity index (χ0v) is 47.9. The first kappa shape index (κ1) is 66.7. The molecule has 2 aliphatic heterocycles. The molecule has 28 nitrogen and oxygen atoms in total. The van der Waals surface area contributed by atoms with Gasteiger partial charge in [-0.1, -0.05) is 57.0 Å². The highest BCUT2D eigenvalue weighted by molar-refractivity contribution is 7.80. The summed E-state index contributed by atoms with van der Waals surface area (Å²) in [5.74, 6) is -9.86. The highest BCUT2D eigenvalue weighted by atomic mass is 32.1. The number of phosphoric acid groups is 1. The van der Waals surface area contributed by atoms with Crippen molar-refractivity contribution in [2.24, 2.45) is 5.92 Å². The second-order valence-electron chi connectivity index (χ2n) is 20.1. The van der Waals surface area contributed by atoms with Gasteiger partial charge in [0.25, 0.3) is 0 Å². The van der Waals surface area contributed by atoms with Crippen LogP contribution in [0.3, 0.4) is 0 Å². The van der Waals surface area contributed by atoms with Gasteiger partial charge in [0.2, 0.25) is 23.6 Å². The van der Waals surface area contributed by atoms with Crippen LogP contribution < -0.4 is 26.2 Å². The van der Waals surface area contributed by atoms with Crippen LogP contribution in [-0.2, 0) is 64.1 Å². The lowest BCUT2D eigenvalue weighted by Gasteiger charge is -2.44. The third kappa shape index (κ3) is 20.3. The number of carbonyl (C=O) groups excluding carboxylic acids is 4. The molecule has 4 atom stereocenters. The molecule has 2 aliphatic rings. The van der Waals surface area contributed by atoms with Crippen LogP contribution in [0.1, 0.15) is 57.6 Å². The Kier molecular flexibility index (Phi) is 25.0. The number of hydrogen-bond acceptors (Lipinski definition) is 17. The number of nitrogens with one attached hydrogen (secondary N) is 4. The molecule has 0 spiro atoms. The summed E-state index contributed by atoms with van der Waals surface area (Å²) in [5, 5.41) is 58.5. The largest absolute Gasteiger partial charge is 0.480 e. The predicted molar refractivity (Wildman–Crippen MR) is 299 cm³/mol. The molecule has 4 rings (SSSR count). The van der Waals surface area contributed by atoms with Crippen LogP contribution in [0.15, 0.2) is 48.5 Å². The van der Waals surface area contributed by atoms with Crippen LogP contribution in [0.5, 0.6) is 0 Å². The Hall–Kier alpha value is -6.76. The number of para-hydroxylation sites is 1. The van der Waals surface area contributed by atoms with Crippen molar-refractivity contribution in [1.82, 2.24) is 40.4 Å². The summed E-state index contributed by atoms with van der Waals surface area (Å²) >= 11 is 10.5. The lowest BCUT2D eigenvalue weighted by Crippen LogP contribution is -2.64. The Morgan fingerprint density at radius 2 is 1.23 bits per heavy atom. The zero-order valence-electron chi connectivity index (χ0n) is 45.4. The lowest BCUT2D eigenvalue weighted by molar-refractivity contribution is -0.148. The van der Waals surface area contributed by atoms with Crippen LogP contribution in [0.4, 0.5) is 11.4 Å². The Morgan fingerprint density at radius 1 is 0.716 bits per heavy atom. The van der Waals surface area contributed by atoms with Gasteiger partial charge in [0.15, 0.2) is 16.3 Å². The molecule has 11 N–H and O–H groups in total. The highest BCUT2D eigenvalue weighted by Gasteiger charge is 2.56. The molecule has 0 aliphatic carbocycles. The number of anilines is 2. The lowest BCUT2D eigenvalue weighted by atomic mass is 9.73. The van der Waals surface area contributed by atoms with Crippen LogP contribution in [0.2, 0.25) is 0 Å². The molecule has 1 fully saturated rings. The van der Waals surface area contributed by atoms with Crippen molar-refractivity contribution in [2.75, 3.05) is 96.3 Å². The molecule has 0 saturated carbocycles. The van der Waals surface area contributed by atoms with E-state index in [0.717, 1.165) is 29.5 Å². The van der Waals surface area contributed by atoms with Crippen LogP contribution in [0, 0.1) is 5.92 Å². The second kappa shape index (κ2) is 30.3. The summed E-state index contributed by atoms with van der Waals surface area (Å²) in [6.45, 7) is 2.69. The van der Waals surface area contributed by atoms with Crippen LogP contribution in [-0.4, -0.2) is 234 Å². The summed E-state index contributed by atoms with van der Waals surface area (Å²) in [6, 6.07) is 10.1. The van der Waals surface area contributed by atoms with Gasteiger partial charge in [-0.05, 0) is 73.5 Å². The number of nitrogens with zero attached hydrogens (tertiary/aromatic N) is 6. The van der Waals surface area contributed by atoms with Gasteiger partial charge < -0.3 is 61.5 Å². The maximum Gasteiger partial charge on any atom is 0.469 e. The number of hydrogen-bond donors (Lipinski definition) is 11. The number of fused-ring (bicyclic) bond motifs is 1. The van der Waals surface area contributed by atoms with E-state index in [1.807, 2.05) is 38.1 Å². The van der Waals surface area contributed by atoms with Crippen molar-refractivity contribution in [3.63, 3.8) is 0 Å². The van der Waals surface area contributed by atoms with E-state index >= 15 is 0 Å². The molecule has 2 heterocycles. The molecule has 0 aromatic heterocycles. The fraction of sp³-hybridized carbons (Fsp3) is 0.540. The van der Waals surface area contributed by atoms with Gasteiger partial charge in [0.1, 0.15) is 12.0 Å². The molecule has 4 amide bonds. The Bertz CT molecular complexity index is 2680. The van der Waals surface area contributed by atoms with Crippen LogP contribution >= 0.6 is 32.3 Å². The summed E-state index contributed by atoms with van der Waals surface area (Å²) in [7, 11) is -1.89. The standard InChI is InChI=1S/C50H71N10O18PS2/c1-30(78-79(75,76)77)42(47(73)74)54-48(80)52-32-16-14-31(15-17-32)24-34(46(71)72)53-37(62)26-59(29-40(67)68)23-21-57(27-38(63)64)20-22-58(28-39(65)66)25-36(61)51-18-10-6-7-11-19-60-35-13-9-8-12-33(35)50(2,3)43(60)41-44(69)55(4)49(81)56(5)45(41)70/h8-9,12-17,30,34,41-43H,6-7,10-11,18-29H2,1-5H3,(H,51,61)(H,53,62)(H,63,64)(H,65,66)(H,67,68)(H,71,72)(H,73,74)(H2,52,54,80)(H2,75,76,77). The molecule has 2 aromatic rings. The van der Waals surface area contributed by atoms with E-state index in [2.05, 4.69) is 30.7 Å². The van der Waals surface area contributed by atoms with Crippen molar-refractivity contribution in [3.05, 3.63) is 59.7 Å². The normalized spacial score (nSPS) is 16.5. The number of amides is 4. The number of aliphatic carboxylic acids is 5. The zero-order chi connectivity index (χ0) is 60.5. The van der Waals surface area contributed by atoms with Gasteiger partial charge in [-0.2, -0.15) is 0 Å². The SMILES string of the molecule is CC(OP(=O)(O)O)C(NC(=S)Nc1ccc(CC(NC(=O)CN(CCN(CCN(CC(=O)O)CC(=O)NCCCCCCN2c3ccccc3C(C)(C)C2C2C(=O)N(C)C(=S)N(C)C2=O)CC(=O)O)CC(=O)O)C(=O)O)cc1)C(=O)O. The maximum atomic E-state index is 13.7. The molecule has 4 unspecified atom stereocenters. The fourth-order valence-corrected chi connectivity index (χ4v) is 10.7. The van der Waals surface area contributed by atoms with E-state index in [0.29, 0.717) is 37.1 Å². The average Bonchev–Trinajstić information content (AvgIpc) is 3.58. The third-order valence-corrected chi connectivity index (χ3v) is 15.0. The van der Waals surface area contributed by atoms with Crippen molar-refractivity contribution >= 4 is 107 Å². The van der Waals surface area contributed by atoms with E-state index in [4.69, 9.17) is 34.2 Å². The molecule has 31 heteroatoms. The van der Waals surface area contributed by atoms with Gasteiger partial charge in [0.05, 0.1) is 44.9 Å². The molecule has 81 heavy (non-hydrogen) atoms. The van der Waals surface area contributed by atoms with Gasteiger partial charge in [-0.15, -0.1) is 0 Å². The first-order valence-electron chi connectivity index (χ1n) is 25.6. The van der Waals surface area contributed by atoms with Gasteiger partial charge in [-0.25, -0.2) is 14.2 Å². The fourth-order valence-electron chi connectivity index (χ4n) is 9.68. The van der Waals surface area contributed by atoms with Crippen LogP contribution in [0.25, 0.3) is 0 Å². The number of rotatable bonds is 34. The summed E-state index contributed by atoms with van der Waals surface area (Å²) in [5.41, 5.74) is 2.12. The first-order valence-corrected chi connectivity index (χ1v) is 27.9. The summed E-state index contributed by atoms with van der Waals surface area (Å²) in [4.78, 5) is 140. The Labute approximate surface area is 477 Å². The molecule has 446 valence electrons. The molecular formula is C50H71N10O18PS2. The summed E-state index contributed by atoms with van der Waals surface area (Å²) in [6.07, 6.45) is 1.00. The Morgan fingerprint density at radius 3 is 1.77 bits per heavy atom. The Balaban J connectivity index is 1.26. The minimum atomic E-state index is -5.03. The molecule has 1 saturated heterocycles. The topological polar surface area (TPSA) is 389 Å². The molecule has 0 radical (unpaired) electrons. The van der Waals surface area contributed by atoms with Crippen molar-refractivity contribution in [2.45, 2.75) is 82.5 Å². The number of carbonyl (C=O) groups is 9. The van der Waals surface area contributed by atoms with Gasteiger partial charge in [0, 0.05) is 76.6 Å². The number of carboxylic acid groups (broad SMARTS) is 5. The minimum absolute atomic E-state index is 0.0858. The molecule has 0 bridgehead atoms. The number of carboxylic acids is 5. The maximum absolute atomic E-state index is 13.7. The quantitative estimate of drug-likeness (QED) is 0.0188. The van der Waals surface area contributed by atoms with E-state index in [9.17, 15) is 73.2 Å². The van der Waals surface area contributed by atoms with E-state index in [1.54, 1.807) is 14.1 Å². The third-order valence-electron chi connectivity index (χ3n) is 13.6. The van der Waals surface area contributed by atoms with E-state index < -0.39 is 111 Å². The number of benzene rings is 2. The van der Waals surface area contributed by atoms with E-state index in [-0.39, 0.29) is 67.7 Å². The predicted octanol–water partition coefficient (Wildman–Crippen LogP) is -0.130. The van der Waals surface area contributed by atoms with Gasteiger partial charge in [-0.3, -0.25) is 62.6 Å². The molecule has 2 aromatic carbocycles. The number of unbranched alkanes of at least 4 members (excludes halogenated alkanes) is 3. The minimum Gasteiger partial charge on any atom is -0.480 e. The first-order chi connectivity index (χ1) is 37.9. The molecular weight excluding hydrogens is 1120 g/mol. The number of thiocarbonyl (C=S) groups is 2. The highest BCUT2D eigenvalue weighted by Crippen LogP contribution is 2.49. The van der Waals surface area contributed by atoms with Crippen molar-refractivity contribution in [1.29, 1.82) is 0 Å². The van der Waals surface area contributed by atoms with Crippen molar-refractivity contribution < 1.29 is 87.6 Å². The summed E-state index contributed by atoms with van der Waals surface area (Å²) < 4.78 is 15.6. The van der Waals surface area contributed by atoms with Gasteiger partial charge >= 0.3 is 37.7 Å². The second-order valence-corrected chi connectivity index (χ2v) is 22.1. The number of phosphoric ester groups is 1. The monoisotopic (exact) mass is 1190 g/mol.